The smallest absolute Gasteiger partial charge is 0.354 e. The van der Waals surface area contributed by atoms with Gasteiger partial charge in [0.1, 0.15) is 13.2 Å². The number of aromatic carboxylic acids is 1. The number of carbonyl (C=O) groups is 1. The molecule has 6 nitrogen and oxygen atoms in total. The Kier molecular flexibility index (Phi) is 3.66. The topological polar surface area (TPSA) is 81.5 Å². The molecule has 3 rings (SSSR count). The van der Waals surface area contributed by atoms with Crippen molar-refractivity contribution >= 4 is 17.7 Å². The van der Waals surface area contributed by atoms with Crippen LogP contribution in [0, 0.1) is 6.92 Å². The Morgan fingerprint density at radius 1 is 1.19 bits per heavy atom. The van der Waals surface area contributed by atoms with E-state index in [-0.39, 0.29) is 5.69 Å². The molecule has 0 aliphatic carbocycles. The number of carboxylic acid groups (broad SMARTS) is 1. The van der Waals surface area contributed by atoms with Crippen LogP contribution < -0.4 is 9.47 Å². The molecule has 7 heteroatoms. The van der Waals surface area contributed by atoms with Crippen molar-refractivity contribution in [1.82, 2.24) is 9.97 Å². The standard InChI is InChI=1S/C14H12N2O4S/c1-8-6-10(13(17)18)16-14(15-8)21-9-2-3-11-12(7-9)20-5-4-19-11/h2-3,6-7H,4-5H2,1H3,(H,17,18). The fourth-order valence-electron chi connectivity index (χ4n) is 1.89. The fraction of sp³-hybridized carbons (Fsp3) is 0.214. The molecular weight excluding hydrogens is 292 g/mol. The van der Waals surface area contributed by atoms with Crippen molar-refractivity contribution in [1.29, 1.82) is 0 Å². The molecule has 1 aliphatic rings. The molecule has 21 heavy (non-hydrogen) atoms. The number of hydrogen-bond acceptors (Lipinski definition) is 6. The van der Waals surface area contributed by atoms with Crippen molar-refractivity contribution in [2.45, 2.75) is 17.0 Å². The molecule has 0 amide bonds. The highest BCUT2D eigenvalue weighted by Gasteiger charge is 2.14. The largest absolute Gasteiger partial charge is 0.486 e. The van der Waals surface area contributed by atoms with Crippen molar-refractivity contribution in [2.75, 3.05) is 13.2 Å². The summed E-state index contributed by atoms with van der Waals surface area (Å²) in [7, 11) is 0. The molecule has 2 aromatic rings. The van der Waals surface area contributed by atoms with Gasteiger partial charge in [-0.2, -0.15) is 0 Å². The first-order valence-corrected chi connectivity index (χ1v) is 7.10. The van der Waals surface area contributed by atoms with Gasteiger partial charge < -0.3 is 14.6 Å². The molecule has 108 valence electrons. The van der Waals surface area contributed by atoms with Gasteiger partial charge in [-0.15, -0.1) is 0 Å². The summed E-state index contributed by atoms with van der Waals surface area (Å²) in [4.78, 5) is 20.1. The minimum absolute atomic E-state index is 0.0115. The Labute approximate surface area is 125 Å². The number of aromatic nitrogens is 2. The van der Waals surface area contributed by atoms with Crippen LogP contribution in [0.15, 0.2) is 34.3 Å². The van der Waals surface area contributed by atoms with E-state index in [0.29, 0.717) is 35.6 Å². The number of nitrogens with zero attached hydrogens (tertiary/aromatic N) is 2. The molecule has 2 heterocycles. The molecule has 0 bridgehead atoms. The summed E-state index contributed by atoms with van der Waals surface area (Å²) in [5.74, 6) is 0.323. The van der Waals surface area contributed by atoms with Crippen LogP contribution in [0.2, 0.25) is 0 Å². The molecule has 1 aromatic carbocycles. The quantitative estimate of drug-likeness (QED) is 0.872. The SMILES string of the molecule is Cc1cc(C(=O)O)nc(Sc2ccc3c(c2)OCCO3)n1. The van der Waals surface area contributed by atoms with E-state index in [1.165, 1.54) is 17.8 Å². The first kappa shape index (κ1) is 13.7. The monoisotopic (exact) mass is 304 g/mol. The van der Waals surface area contributed by atoms with Crippen LogP contribution >= 0.6 is 11.8 Å². The molecule has 1 aliphatic heterocycles. The molecule has 0 saturated carbocycles. The molecule has 1 aromatic heterocycles. The fourth-order valence-corrected chi connectivity index (χ4v) is 2.74. The summed E-state index contributed by atoms with van der Waals surface area (Å²) >= 11 is 1.29. The van der Waals surface area contributed by atoms with E-state index in [9.17, 15) is 4.79 Å². The van der Waals surface area contributed by atoms with Crippen LogP contribution in [0.1, 0.15) is 16.2 Å². The van der Waals surface area contributed by atoms with Crippen LogP contribution in [0.25, 0.3) is 0 Å². The Morgan fingerprint density at radius 3 is 2.71 bits per heavy atom. The van der Waals surface area contributed by atoms with Gasteiger partial charge in [0.05, 0.1) is 0 Å². The zero-order valence-electron chi connectivity index (χ0n) is 11.2. The number of rotatable bonds is 3. The first-order valence-electron chi connectivity index (χ1n) is 6.28. The van der Waals surface area contributed by atoms with Gasteiger partial charge in [-0.05, 0) is 43.0 Å². The number of carboxylic acids is 1. The average molecular weight is 304 g/mol. The van der Waals surface area contributed by atoms with Crippen molar-refractivity contribution in [3.05, 3.63) is 35.7 Å². The first-order chi connectivity index (χ1) is 10.1. The second-order valence-corrected chi connectivity index (χ2v) is 5.43. The molecule has 0 unspecified atom stereocenters. The Morgan fingerprint density at radius 2 is 1.95 bits per heavy atom. The number of benzene rings is 1. The highest BCUT2D eigenvalue weighted by Crippen LogP contribution is 2.35. The lowest BCUT2D eigenvalue weighted by atomic mass is 10.3. The van der Waals surface area contributed by atoms with Gasteiger partial charge in [-0.3, -0.25) is 0 Å². The van der Waals surface area contributed by atoms with Crippen LogP contribution in [-0.4, -0.2) is 34.3 Å². The Balaban J connectivity index is 1.88. The van der Waals surface area contributed by atoms with E-state index in [0.717, 1.165) is 4.90 Å². The summed E-state index contributed by atoms with van der Waals surface area (Å²) in [6.07, 6.45) is 0. The van der Waals surface area contributed by atoms with Gasteiger partial charge >= 0.3 is 5.97 Å². The lowest BCUT2D eigenvalue weighted by Gasteiger charge is -2.18. The van der Waals surface area contributed by atoms with E-state index < -0.39 is 5.97 Å². The lowest BCUT2D eigenvalue weighted by molar-refractivity contribution is 0.0689. The molecule has 1 N–H and O–H groups in total. The minimum atomic E-state index is -1.07. The number of fused-ring (bicyclic) bond motifs is 1. The van der Waals surface area contributed by atoms with Crippen LogP contribution in [0.4, 0.5) is 0 Å². The van der Waals surface area contributed by atoms with Gasteiger partial charge in [-0.1, -0.05) is 0 Å². The molecule has 0 fully saturated rings. The molecule has 0 saturated heterocycles. The number of hydrogen-bond donors (Lipinski definition) is 1. The maximum atomic E-state index is 11.0. The van der Waals surface area contributed by atoms with Crippen molar-refractivity contribution in [3.8, 4) is 11.5 Å². The number of ether oxygens (including phenoxy) is 2. The summed E-state index contributed by atoms with van der Waals surface area (Å²) < 4.78 is 11.0. The second-order valence-electron chi connectivity index (χ2n) is 4.39. The molecular formula is C14H12N2O4S. The third kappa shape index (κ3) is 3.08. The zero-order valence-corrected chi connectivity index (χ0v) is 12.0. The van der Waals surface area contributed by atoms with E-state index in [2.05, 4.69) is 9.97 Å². The van der Waals surface area contributed by atoms with Gasteiger partial charge in [-0.25, -0.2) is 14.8 Å². The van der Waals surface area contributed by atoms with Crippen LogP contribution in [0.5, 0.6) is 11.5 Å². The summed E-state index contributed by atoms with van der Waals surface area (Å²) in [6.45, 7) is 2.80. The van der Waals surface area contributed by atoms with Gasteiger partial charge in [0, 0.05) is 10.6 Å². The van der Waals surface area contributed by atoms with E-state index in [1.807, 2.05) is 18.2 Å². The summed E-state index contributed by atoms with van der Waals surface area (Å²) in [5, 5.41) is 9.41. The van der Waals surface area contributed by atoms with Crippen LogP contribution in [0.3, 0.4) is 0 Å². The molecule has 0 radical (unpaired) electrons. The summed E-state index contributed by atoms with van der Waals surface area (Å²) in [5.41, 5.74) is 0.602. The highest BCUT2D eigenvalue weighted by atomic mass is 32.2. The maximum Gasteiger partial charge on any atom is 0.354 e. The third-order valence-electron chi connectivity index (χ3n) is 2.78. The lowest BCUT2D eigenvalue weighted by Crippen LogP contribution is -2.15. The van der Waals surface area contributed by atoms with Gasteiger partial charge in [0.25, 0.3) is 0 Å². The third-order valence-corrected chi connectivity index (χ3v) is 3.63. The Hall–Kier alpha value is -2.28. The number of aryl methyl sites for hydroxylation is 1. The molecule has 0 atom stereocenters. The van der Waals surface area contributed by atoms with Crippen molar-refractivity contribution < 1.29 is 19.4 Å². The predicted molar refractivity (Wildman–Crippen MR) is 75.3 cm³/mol. The van der Waals surface area contributed by atoms with E-state index in [4.69, 9.17) is 14.6 Å². The second kappa shape index (κ2) is 5.61. The highest BCUT2D eigenvalue weighted by molar-refractivity contribution is 7.99. The Bertz CT molecular complexity index is 705. The minimum Gasteiger partial charge on any atom is -0.486 e. The normalized spacial score (nSPS) is 13.0. The maximum absolute atomic E-state index is 11.0. The molecule has 0 spiro atoms. The van der Waals surface area contributed by atoms with E-state index >= 15 is 0 Å². The average Bonchev–Trinajstić information content (AvgIpc) is 2.46. The van der Waals surface area contributed by atoms with Crippen LogP contribution in [-0.2, 0) is 0 Å². The van der Waals surface area contributed by atoms with E-state index in [1.54, 1.807) is 6.92 Å². The van der Waals surface area contributed by atoms with Gasteiger partial charge in [0.2, 0.25) is 0 Å². The zero-order chi connectivity index (χ0) is 14.8. The van der Waals surface area contributed by atoms with Crippen molar-refractivity contribution in [2.24, 2.45) is 0 Å². The van der Waals surface area contributed by atoms with Gasteiger partial charge in [0.15, 0.2) is 22.3 Å². The predicted octanol–water partition coefficient (Wildman–Crippen LogP) is 2.41. The summed E-state index contributed by atoms with van der Waals surface area (Å²) in [6, 6.07) is 6.97. The van der Waals surface area contributed by atoms with Crippen molar-refractivity contribution in [3.63, 3.8) is 0 Å².